The van der Waals surface area contributed by atoms with Crippen LogP contribution < -0.4 is 10.1 Å². The largest absolute Gasteiger partial charge is 0.496 e. The quantitative estimate of drug-likeness (QED) is 0.853. The third kappa shape index (κ3) is 5.10. The van der Waals surface area contributed by atoms with Crippen molar-refractivity contribution in [2.75, 3.05) is 33.9 Å². The highest BCUT2D eigenvalue weighted by atomic mass is 35.5. The normalized spacial score (nSPS) is 20.0. The van der Waals surface area contributed by atoms with Crippen LogP contribution in [0.4, 0.5) is 0 Å². The number of amides is 1. The van der Waals surface area contributed by atoms with Crippen LogP contribution in [0.25, 0.3) is 0 Å². The molecule has 1 fully saturated rings. The minimum atomic E-state index is -0.441. The minimum absolute atomic E-state index is 0.0887. The molecule has 2 atom stereocenters. The van der Waals surface area contributed by atoms with Crippen molar-refractivity contribution in [2.45, 2.75) is 32.4 Å². The molecule has 134 valence electrons. The van der Waals surface area contributed by atoms with Gasteiger partial charge in [-0.05, 0) is 37.6 Å². The van der Waals surface area contributed by atoms with Crippen LogP contribution in [-0.2, 0) is 9.53 Å². The first kappa shape index (κ1) is 19.0. The summed E-state index contributed by atoms with van der Waals surface area (Å²) < 4.78 is 11.1. The second-order valence-electron chi connectivity index (χ2n) is 6.70. The summed E-state index contributed by atoms with van der Waals surface area (Å²) >= 11 is 6.16. The van der Waals surface area contributed by atoms with E-state index in [1.165, 1.54) is 0 Å². The zero-order valence-electron chi connectivity index (χ0n) is 14.8. The maximum Gasteiger partial charge on any atom is 0.250 e. The Kier molecular flexibility index (Phi) is 6.90. The average molecular weight is 355 g/mol. The van der Waals surface area contributed by atoms with Gasteiger partial charge in [0.05, 0.1) is 19.8 Å². The topological polar surface area (TPSA) is 50.8 Å². The van der Waals surface area contributed by atoms with Crippen LogP contribution in [0.3, 0.4) is 0 Å². The minimum Gasteiger partial charge on any atom is -0.496 e. The molecule has 1 N–H and O–H groups in total. The van der Waals surface area contributed by atoms with E-state index in [1.807, 2.05) is 19.2 Å². The number of morpholine rings is 1. The zero-order chi connectivity index (χ0) is 17.7. The number of likely N-dealkylation sites (N-methyl/N-ethyl adjacent to an activating group) is 1. The van der Waals surface area contributed by atoms with Crippen molar-refractivity contribution in [3.05, 3.63) is 28.8 Å². The molecule has 1 saturated heterocycles. The summed E-state index contributed by atoms with van der Waals surface area (Å²) in [6, 6.07) is 5.32. The highest BCUT2D eigenvalue weighted by molar-refractivity contribution is 6.30. The Morgan fingerprint density at radius 3 is 2.88 bits per heavy atom. The summed E-state index contributed by atoms with van der Waals surface area (Å²) in [7, 11) is 3.62. The smallest absolute Gasteiger partial charge is 0.250 e. The molecular formula is C18H27ClN2O3. The van der Waals surface area contributed by atoms with Gasteiger partial charge < -0.3 is 19.7 Å². The molecule has 0 radical (unpaired) electrons. The number of hydrogen-bond donors (Lipinski definition) is 1. The Morgan fingerprint density at radius 2 is 2.25 bits per heavy atom. The highest BCUT2D eigenvalue weighted by Gasteiger charge is 2.28. The number of benzene rings is 1. The lowest BCUT2D eigenvalue weighted by Gasteiger charge is -2.31. The SMILES string of the molecule is COc1ccc(Cl)cc1C(CC(C)C)NC(=O)C1CN(C)CCO1. The number of carbonyl (C=O) groups excluding carboxylic acids is 1. The Hall–Kier alpha value is -1.30. The second-order valence-corrected chi connectivity index (χ2v) is 7.14. The highest BCUT2D eigenvalue weighted by Crippen LogP contribution is 2.32. The Bertz CT molecular complexity index is 565. The molecule has 5 nitrogen and oxygen atoms in total. The van der Waals surface area contributed by atoms with Crippen molar-refractivity contribution in [1.82, 2.24) is 10.2 Å². The van der Waals surface area contributed by atoms with Crippen molar-refractivity contribution < 1.29 is 14.3 Å². The van der Waals surface area contributed by atoms with Gasteiger partial charge in [0.2, 0.25) is 0 Å². The van der Waals surface area contributed by atoms with Gasteiger partial charge >= 0.3 is 0 Å². The summed E-state index contributed by atoms with van der Waals surface area (Å²) in [4.78, 5) is 14.8. The molecule has 0 aliphatic carbocycles. The molecule has 0 spiro atoms. The molecule has 24 heavy (non-hydrogen) atoms. The molecule has 0 saturated carbocycles. The van der Waals surface area contributed by atoms with E-state index in [2.05, 4.69) is 24.1 Å². The molecule has 2 rings (SSSR count). The van der Waals surface area contributed by atoms with E-state index < -0.39 is 6.10 Å². The van der Waals surface area contributed by atoms with E-state index in [0.29, 0.717) is 24.1 Å². The summed E-state index contributed by atoms with van der Waals surface area (Å²) in [5.74, 6) is 1.05. The lowest BCUT2D eigenvalue weighted by atomic mass is 9.96. The number of methoxy groups -OCH3 is 1. The molecule has 6 heteroatoms. The van der Waals surface area contributed by atoms with Crippen LogP contribution in [-0.4, -0.2) is 50.8 Å². The lowest BCUT2D eigenvalue weighted by Crippen LogP contribution is -2.49. The molecular weight excluding hydrogens is 328 g/mol. The predicted molar refractivity (Wildman–Crippen MR) is 95.6 cm³/mol. The second kappa shape index (κ2) is 8.70. The fourth-order valence-electron chi connectivity index (χ4n) is 2.91. The Balaban J connectivity index is 2.19. The van der Waals surface area contributed by atoms with Crippen LogP contribution in [0.2, 0.25) is 5.02 Å². The maximum absolute atomic E-state index is 12.7. The van der Waals surface area contributed by atoms with Crippen LogP contribution in [0, 0.1) is 5.92 Å². The van der Waals surface area contributed by atoms with Crippen LogP contribution in [0.15, 0.2) is 18.2 Å². The van der Waals surface area contributed by atoms with Crippen molar-refractivity contribution in [3.8, 4) is 5.75 Å². The molecule has 0 bridgehead atoms. The summed E-state index contributed by atoms with van der Waals surface area (Å²) in [5.41, 5.74) is 0.899. The molecule has 1 amide bonds. The number of nitrogens with zero attached hydrogens (tertiary/aromatic N) is 1. The number of rotatable bonds is 6. The number of nitrogens with one attached hydrogen (secondary N) is 1. The molecule has 1 aliphatic heterocycles. The summed E-state index contributed by atoms with van der Waals surface area (Å²) in [6.45, 7) is 6.28. The van der Waals surface area contributed by atoms with Gasteiger partial charge in [0.15, 0.2) is 0 Å². The van der Waals surface area contributed by atoms with E-state index in [-0.39, 0.29) is 11.9 Å². The van der Waals surface area contributed by atoms with Gasteiger partial charge in [-0.3, -0.25) is 4.79 Å². The first-order chi connectivity index (χ1) is 11.4. The molecule has 1 aliphatic rings. The van der Waals surface area contributed by atoms with Gasteiger partial charge in [0, 0.05) is 23.7 Å². The third-order valence-corrected chi connectivity index (χ3v) is 4.39. The first-order valence-corrected chi connectivity index (χ1v) is 8.72. The van der Waals surface area contributed by atoms with Gasteiger partial charge in [0.25, 0.3) is 5.91 Å². The van der Waals surface area contributed by atoms with Crippen LogP contribution in [0.1, 0.15) is 31.9 Å². The van der Waals surface area contributed by atoms with Crippen molar-refractivity contribution in [3.63, 3.8) is 0 Å². The average Bonchev–Trinajstić information content (AvgIpc) is 2.53. The van der Waals surface area contributed by atoms with Crippen LogP contribution >= 0.6 is 11.6 Å². The Morgan fingerprint density at radius 1 is 1.50 bits per heavy atom. The van der Waals surface area contributed by atoms with Crippen LogP contribution in [0.5, 0.6) is 5.75 Å². The predicted octanol–water partition coefficient (Wildman–Crippen LogP) is 2.88. The third-order valence-electron chi connectivity index (χ3n) is 4.15. The number of halogens is 1. The van der Waals surface area contributed by atoms with E-state index >= 15 is 0 Å². The zero-order valence-corrected chi connectivity index (χ0v) is 15.6. The number of ether oxygens (including phenoxy) is 2. The summed E-state index contributed by atoms with van der Waals surface area (Å²) in [5, 5.41) is 3.75. The Labute approximate surface area is 149 Å². The van der Waals surface area contributed by atoms with Crippen molar-refractivity contribution >= 4 is 17.5 Å². The monoisotopic (exact) mass is 354 g/mol. The van der Waals surface area contributed by atoms with E-state index in [1.54, 1.807) is 13.2 Å². The van der Waals surface area contributed by atoms with E-state index in [9.17, 15) is 4.79 Å². The molecule has 2 unspecified atom stereocenters. The molecule has 0 aromatic heterocycles. The summed E-state index contributed by atoms with van der Waals surface area (Å²) in [6.07, 6.45) is 0.356. The van der Waals surface area contributed by atoms with Gasteiger partial charge in [-0.1, -0.05) is 25.4 Å². The number of carbonyl (C=O) groups is 1. The van der Waals surface area contributed by atoms with E-state index in [0.717, 1.165) is 24.3 Å². The van der Waals surface area contributed by atoms with Gasteiger partial charge in [-0.25, -0.2) is 0 Å². The molecule has 1 aromatic carbocycles. The standard InChI is InChI=1S/C18H27ClN2O3/c1-12(2)9-15(14-10-13(19)5-6-16(14)23-4)20-18(22)17-11-21(3)7-8-24-17/h5-6,10,12,15,17H,7-9,11H2,1-4H3,(H,20,22). The fraction of sp³-hybridized carbons (Fsp3) is 0.611. The van der Waals surface area contributed by atoms with Gasteiger partial charge in [-0.15, -0.1) is 0 Å². The molecule has 1 aromatic rings. The number of hydrogen-bond acceptors (Lipinski definition) is 4. The fourth-order valence-corrected chi connectivity index (χ4v) is 3.09. The molecule has 1 heterocycles. The van der Waals surface area contributed by atoms with Crippen molar-refractivity contribution in [1.29, 1.82) is 0 Å². The van der Waals surface area contributed by atoms with Crippen molar-refractivity contribution in [2.24, 2.45) is 5.92 Å². The maximum atomic E-state index is 12.7. The lowest BCUT2D eigenvalue weighted by molar-refractivity contribution is -0.138. The van der Waals surface area contributed by atoms with E-state index in [4.69, 9.17) is 21.1 Å². The first-order valence-electron chi connectivity index (χ1n) is 8.34. The van der Waals surface area contributed by atoms with Gasteiger partial charge in [-0.2, -0.15) is 0 Å². The van der Waals surface area contributed by atoms with Gasteiger partial charge in [0.1, 0.15) is 11.9 Å².